The van der Waals surface area contributed by atoms with Crippen molar-refractivity contribution in [2.24, 2.45) is 23.7 Å². The molecule has 1 aromatic heterocycles. The lowest BCUT2D eigenvalue weighted by molar-refractivity contribution is -0.314. The van der Waals surface area contributed by atoms with Crippen molar-refractivity contribution in [2.45, 2.75) is 165 Å². The van der Waals surface area contributed by atoms with Gasteiger partial charge >= 0.3 is 5.97 Å². The highest BCUT2D eigenvalue weighted by molar-refractivity contribution is 7.15. The lowest BCUT2D eigenvalue weighted by Gasteiger charge is -2.44. The van der Waals surface area contributed by atoms with Crippen molar-refractivity contribution in [3.63, 3.8) is 0 Å². The molecule has 0 amide bonds. The number of ketones is 1. The number of nitrogens with zero attached hydrogens (tertiary/aromatic N) is 2. The Bertz CT molecular complexity index is 1940. The Labute approximate surface area is 377 Å². The van der Waals surface area contributed by atoms with Gasteiger partial charge in [-0.05, 0) is 109 Å². The standard InChI is InChI=1S/C49H70N2O11S/c1-11-29-15-13-17-38(62-40-19-18-37(51(5)6)26(3)58-40)25(2)43(53)35-23-33-32-21-31(61-49-46(57-10)45(56-9)44(55-8)27(4)59-49)22-36(32)47-42(41(33)34(35)24-39(52)60-29)50-48(63-47)28-14-12-16-30(20-28)54-7/h12,14,16,20,23,25-27,29,31-34,36-38,40-41,44-46,49H,11,13,15,17-19,21-22,24H2,1-10H3/t25-,26-,27+,29+,31+,32+,33+,34-,36-,37+,38+,40+,41-,44+,45-,46-,49+/m1/s1. The van der Waals surface area contributed by atoms with E-state index in [1.165, 1.54) is 4.88 Å². The number of carbonyl (C=O) groups is 2. The summed E-state index contributed by atoms with van der Waals surface area (Å²) in [4.78, 5) is 38.2. The average Bonchev–Trinajstić information content (AvgIpc) is 4.00. The fourth-order valence-corrected chi connectivity index (χ4v) is 13.3. The van der Waals surface area contributed by atoms with E-state index in [9.17, 15) is 4.79 Å². The second-order valence-corrected chi connectivity index (χ2v) is 20.0. The van der Waals surface area contributed by atoms with Crippen molar-refractivity contribution in [2.75, 3.05) is 42.5 Å². The number of methoxy groups -OCH3 is 4. The molecule has 348 valence electrons. The zero-order chi connectivity index (χ0) is 44.7. The summed E-state index contributed by atoms with van der Waals surface area (Å²) in [5.74, 6) is -0.323. The number of esters is 1. The molecule has 3 aliphatic heterocycles. The fraction of sp³-hybridized carbons (Fsp3) is 0.735. The smallest absolute Gasteiger partial charge is 0.306 e. The first-order valence-electron chi connectivity index (χ1n) is 23.3. The van der Waals surface area contributed by atoms with Crippen LogP contribution in [0.15, 0.2) is 35.9 Å². The molecule has 0 unspecified atom stereocenters. The first-order valence-corrected chi connectivity index (χ1v) is 24.2. The van der Waals surface area contributed by atoms with Gasteiger partial charge in [-0.15, -0.1) is 11.3 Å². The van der Waals surface area contributed by atoms with E-state index >= 15 is 4.79 Å². The van der Waals surface area contributed by atoms with Crippen molar-refractivity contribution in [1.29, 1.82) is 0 Å². The van der Waals surface area contributed by atoms with Crippen LogP contribution in [0.2, 0.25) is 0 Å². The Hall–Kier alpha value is -2.79. The molecule has 0 radical (unpaired) electrons. The molecule has 17 atom stereocenters. The minimum atomic E-state index is -0.668. The van der Waals surface area contributed by atoms with Gasteiger partial charge in [-0.1, -0.05) is 32.1 Å². The number of thiazole rings is 1. The van der Waals surface area contributed by atoms with Crippen LogP contribution in [0.1, 0.15) is 108 Å². The van der Waals surface area contributed by atoms with Gasteiger partial charge in [0.1, 0.15) is 35.2 Å². The van der Waals surface area contributed by atoms with Crippen LogP contribution in [0.25, 0.3) is 10.6 Å². The normalized spacial score (nSPS) is 39.6. The monoisotopic (exact) mass is 894 g/mol. The molecular formula is C49H70N2O11S. The number of Topliss-reactive ketones (excluding diaryl/α,β-unsaturated/α-hetero) is 1. The Morgan fingerprint density at radius 2 is 1.65 bits per heavy atom. The van der Waals surface area contributed by atoms with Gasteiger partial charge in [0.15, 0.2) is 18.4 Å². The van der Waals surface area contributed by atoms with Crippen molar-refractivity contribution < 1.29 is 52.2 Å². The molecule has 63 heavy (non-hydrogen) atoms. The van der Waals surface area contributed by atoms with E-state index in [-0.39, 0.29) is 84.6 Å². The Balaban J connectivity index is 1.15. The van der Waals surface area contributed by atoms with E-state index in [0.717, 1.165) is 60.5 Å². The third-order valence-electron chi connectivity index (χ3n) is 15.2. The van der Waals surface area contributed by atoms with Crippen LogP contribution < -0.4 is 4.74 Å². The van der Waals surface area contributed by atoms with E-state index in [1.807, 2.05) is 32.0 Å². The number of carbonyl (C=O) groups excluding carboxylic acids is 2. The molecule has 4 heterocycles. The summed E-state index contributed by atoms with van der Waals surface area (Å²) in [5.41, 5.74) is 2.64. The van der Waals surface area contributed by atoms with Gasteiger partial charge in [0.25, 0.3) is 0 Å². The topological polar surface area (TPSA) is 133 Å². The molecule has 0 bridgehead atoms. The first kappa shape index (κ1) is 46.7. The summed E-state index contributed by atoms with van der Waals surface area (Å²) in [6.07, 6.45) is 5.14. The summed E-state index contributed by atoms with van der Waals surface area (Å²) in [7, 11) is 10.8. The Kier molecular flexibility index (Phi) is 14.8. The van der Waals surface area contributed by atoms with Gasteiger partial charge in [0.05, 0.1) is 43.6 Å². The highest BCUT2D eigenvalue weighted by atomic mass is 32.1. The number of hydrogen-bond donors (Lipinski definition) is 0. The Morgan fingerprint density at radius 1 is 0.873 bits per heavy atom. The van der Waals surface area contributed by atoms with Gasteiger partial charge in [-0.3, -0.25) is 9.59 Å². The van der Waals surface area contributed by atoms with Crippen LogP contribution >= 0.6 is 11.3 Å². The molecule has 6 aliphatic rings. The van der Waals surface area contributed by atoms with E-state index in [2.05, 4.69) is 45.0 Å². The average molecular weight is 895 g/mol. The number of aromatic nitrogens is 1. The minimum Gasteiger partial charge on any atom is -0.497 e. The van der Waals surface area contributed by atoms with E-state index in [1.54, 1.807) is 39.8 Å². The lowest BCUT2D eigenvalue weighted by Crippen LogP contribution is -2.59. The molecule has 8 rings (SSSR count). The maximum Gasteiger partial charge on any atom is 0.306 e. The summed E-state index contributed by atoms with van der Waals surface area (Å²) in [5, 5.41) is 0.890. The number of rotatable bonds is 11. The van der Waals surface area contributed by atoms with Crippen LogP contribution in [0, 0.1) is 23.7 Å². The lowest BCUT2D eigenvalue weighted by atomic mass is 9.67. The fourth-order valence-electron chi connectivity index (χ4n) is 11.9. The molecular weight excluding hydrogens is 825 g/mol. The van der Waals surface area contributed by atoms with Crippen LogP contribution in [0.5, 0.6) is 5.75 Å². The largest absolute Gasteiger partial charge is 0.497 e. The highest BCUT2D eigenvalue weighted by Gasteiger charge is 2.57. The molecule has 13 nitrogen and oxygen atoms in total. The molecule has 2 aromatic rings. The molecule has 3 aliphatic carbocycles. The van der Waals surface area contributed by atoms with Gasteiger partial charge in [-0.25, -0.2) is 4.98 Å². The Morgan fingerprint density at radius 3 is 2.35 bits per heavy atom. The SMILES string of the molecule is CC[C@H]1CCC[C@H](O[C@H]2CC[C@H](N(C)C)[C@@H](C)O2)[C@@H](C)C(=O)C2=C[C@H]3[C@@H]4C[C@H](O[C@@H]5O[C@@H](C)[C@H](OC)[C@@H](OC)[C@H]5OC)C[C@H]4c4sc(-c5cccc(OC)c5)nc4[C@H]3[C@@H]2CC(=O)O1. The third kappa shape index (κ3) is 9.32. The zero-order valence-corrected chi connectivity index (χ0v) is 39.7. The van der Waals surface area contributed by atoms with Crippen molar-refractivity contribution in [3.8, 4) is 16.3 Å². The van der Waals surface area contributed by atoms with Crippen molar-refractivity contribution >= 4 is 23.1 Å². The molecule has 14 heteroatoms. The summed E-state index contributed by atoms with van der Waals surface area (Å²) >= 11 is 1.71. The van der Waals surface area contributed by atoms with E-state index in [4.69, 9.17) is 47.6 Å². The van der Waals surface area contributed by atoms with Crippen molar-refractivity contribution in [3.05, 3.63) is 46.5 Å². The second-order valence-electron chi connectivity index (χ2n) is 19.0. The summed E-state index contributed by atoms with van der Waals surface area (Å²) in [6.45, 7) is 8.16. The van der Waals surface area contributed by atoms with Crippen molar-refractivity contribution in [1.82, 2.24) is 9.88 Å². The minimum absolute atomic E-state index is 0.00316. The summed E-state index contributed by atoms with van der Waals surface area (Å²) < 4.78 is 56.3. The second kappa shape index (κ2) is 20.0. The van der Waals surface area contributed by atoms with Gasteiger partial charge < -0.3 is 47.5 Å². The van der Waals surface area contributed by atoms with E-state index in [0.29, 0.717) is 24.5 Å². The molecule has 4 fully saturated rings. The molecule has 0 spiro atoms. The van der Waals surface area contributed by atoms with Crippen LogP contribution in [0.3, 0.4) is 0 Å². The number of fused-ring (bicyclic) bond motifs is 8. The van der Waals surface area contributed by atoms with Crippen LogP contribution in [-0.2, 0) is 47.5 Å². The number of hydrogen-bond acceptors (Lipinski definition) is 14. The van der Waals surface area contributed by atoms with Crippen LogP contribution in [-0.4, -0.2) is 132 Å². The molecule has 1 aromatic carbocycles. The maximum atomic E-state index is 15.3. The third-order valence-corrected chi connectivity index (χ3v) is 16.5. The van der Waals surface area contributed by atoms with Gasteiger partial charge in [0.2, 0.25) is 0 Å². The predicted octanol–water partition coefficient (Wildman–Crippen LogP) is 7.70. The maximum absolute atomic E-state index is 15.3. The quantitative estimate of drug-likeness (QED) is 0.204. The van der Waals surface area contributed by atoms with Gasteiger partial charge in [0, 0.05) is 61.5 Å². The number of benzene rings is 1. The number of cyclic esters (lactones) is 1. The number of ether oxygens (including phenoxy) is 9. The number of likely N-dealkylation sites (N-methyl/N-ethyl adjacent to an activating group) is 1. The first-order chi connectivity index (χ1) is 30.4. The predicted molar refractivity (Wildman–Crippen MR) is 238 cm³/mol. The van der Waals surface area contributed by atoms with E-state index < -0.39 is 30.5 Å². The molecule has 1 saturated carbocycles. The molecule has 0 N–H and O–H groups in total. The molecule has 3 saturated heterocycles. The van der Waals surface area contributed by atoms with Gasteiger partial charge in [-0.2, -0.15) is 0 Å². The summed E-state index contributed by atoms with van der Waals surface area (Å²) in [6, 6.07) is 8.31. The highest BCUT2D eigenvalue weighted by Crippen LogP contribution is 2.63. The number of allylic oxidation sites excluding steroid dienone is 2. The zero-order valence-electron chi connectivity index (χ0n) is 38.9. The van der Waals surface area contributed by atoms with Crippen LogP contribution in [0.4, 0.5) is 0 Å².